The van der Waals surface area contributed by atoms with Crippen LogP contribution in [0.25, 0.3) is 0 Å². The maximum atomic E-state index is 13.6. The number of hydrogen-bond donors (Lipinski definition) is 2. The van der Waals surface area contributed by atoms with Crippen LogP contribution >= 0.6 is 0 Å². The molecule has 0 atom stereocenters. The summed E-state index contributed by atoms with van der Waals surface area (Å²) in [5.41, 5.74) is -16.8. The Morgan fingerprint density at radius 3 is 1.49 bits per heavy atom. The van der Waals surface area contributed by atoms with Gasteiger partial charge in [-0.25, -0.2) is 9.59 Å². The van der Waals surface area contributed by atoms with E-state index in [-0.39, 0.29) is 0 Å². The Bertz CT molecular complexity index is 1170. The molecule has 0 fully saturated rings. The van der Waals surface area contributed by atoms with E-state index in [4.69, 9.17) is 10.2 Å². The van der Waals surface area contributed by atoms with Crippen LogP contribution in [-0.4, -0.2) is 22.2 Å². The Balaban J connectivity index is 3.13. The van der Waals surface area contributed by atoms with Crippen LogP contribution in [0, 0.1) is 0 Å². The summed E-state index contributed by atoms with van der Waals surface area (Å²) in [5.74, 6) is -8.28. The molecule has 0 radical (unpaired) electrons. The number of alkyl halides is 12. The van der Waals surface area contributed by atoms with Gasteiger partial charge in [0.1, 0.15) is 22.6 Å². The van der Waals surface area contributed by atoms with Gasteiger partial charge in [-0.05, 0) is 18.2 Å². The Kier molecular flexibility index (Phi) is 6.72. The number of halogens is 12. The van der Waals surface area contributed by atoms with Crippen molar-refractivity contribution < 1.29 is 77.2 Å². The lowest BCUT2D eigenvalue weighted by Gasteiger charge is -2.26. The highest BCUT2D eigenvalue weighted by atomic mass is 19.4. The molecular weight excluding hydrogens is 524 g/mol. The van der Waals surface area contributed by atoms with E-state index in [2.05, 4.69) is 4.74 Å². The minimum Gasteiger partial charge on any atom is -0.478 e. The number of aromatic carboxylic acids is 2. The van der Waals surface area contributed by atoms with E-state index in [0.717, 1.165) is 0 Å². The Morgan fingerprint density at radius 1 is 0.629 bits per heavy atom. The first kappa shape index (κ1) is 27.6. The highest BCUT2D eigenvalue weighted by molar-refractivity contribution is 6.03. The van der Waals surface area contributed by atoms with Crippen molar-refractivity contribution in [3.8, 4) is 11.5 Å². The second-order valence-electron chi connectivity index (χ2n) is 6.43. The third-order valence-electron chi connectivity index (χ3n) is 4.14. The van der Waals surface area contributed by atoms with Crippen LogP contribution < -0.4 is 4.74 Å². The zero-order chi connectivity index (χ0) is 27.3. The fourth-order valence-electron chi connectivity index (χ4n) is 2.96. The number of hydrogen-bond acceptors (Lipinski definition) is 3. The smallest absolute Gasteiger partial charge is 0.420 e. The summed E-state index contributed by atoms with van der Waals surface area (Å²) in [6.45, 7) is 0. The molecule has 0 aliphatic heterocycles. The van der Waals surface area contributed by atoms with Gasteiger partial charge in [-0.1, -0.05) is 6.07 Å². The highest BCUT2D eigenvalue weighted by Gasteiger charge is 2.56. The minimum atomic E-state index is -6.67. The van der Waals surface area contributed by atoms with Gasteiger partial charge in [-0.3, -0.25) is 0 Å². The van der Waals surface area contributed by atoms with Gasteiger partial charge in [0.15, 0.2) is 0 Å². The maximum absolute atomic E-state index is 13.6. The predicted octanol–water partition coefficient (Wildman–Crippen LogP) is 6.95. The molecule has 0 heterocycles. The third-order valence-corrected chi connectivity index (χ3v) is 4.14. The summed E-state index contributed by atoms with van der Waals surface area (Å²) in [4.78, 5) is 22.5. The Labute approximate surface area is 184 Å². The molecule has 0 saturated heterocycles. The molecule has 0 unspecified atom stereocenters. The lowest BCUT2D eigenvalue weighted by Crippen LogP contribution is -2.28. The minimum absolute atomic E-state index is 0.369. The standard InChI is InChI=1S/C18H6F12O5/c19-15(20,21)6-4-8(35-7-3-1-2-5(13(31)32)9(7)14(33)34)11(17(25,26)27)12(18(28,29)30)10(6)16(22,23)24/h1-4H,(H,31,32)(H,33,34). The van der Waals surface area contributed by atoms with Crippen molar-refractivity contribution in [2.75, 3.05) is 0 Å². The number of carboxylic acid groups (broad SMARTS) is 2. The second kappa shape index (κ2) is 8.53. The summed E-state index contributed by atoms with van der Waals surface area (Å²) < 4.78 is 165. The first-order valence-corrected chi connectivity index (χ1v) is 8.35. The molecule has 2 aromatic carbocycles. The van der Waals surface area contributed by atoms with Crippen LogP contribution in [0.1, 0.15) is 43.0 Å². The van der Waals surface area contributed by atoms with Gasteiger partial charge in [0, 0.05) is 0 Å². The van der Waals surface area contributed by atoms with Crippen molar-refractivity contribution in [3.05, 3.63) is 57.6 Å². The SMILES string of the molecule is O=C(O)c1cccc(Oc2cc(C(F)(F)F)c(C(F)(F)F)c(C(F)(F)F)c2C(F)(F)F)c1C(=O)O. The van der Waals surface area contributed by atoms with E-state index >= 15 is 0 Å². The first-order valence-electron chi connectivity index (χ1n) is 8.35. The summed E-state index contributed by atoms with van der Waals surface area (Å²) in [6.07, 6.45) is -26.0. The normalized spacial score (nSPS) is 13.0. The van der Waals surface area contributed by atoms with Crippen LogP contribution in [0.4, 0.5) is 52.7 Å². The van der Waals surface area contributed by atoms with Gasteiger partial charge >= 0.3 is 36.6 Å². The van der Waals surface area contributed by atoms with Crippen molar-refractivity contribution in [1.29, 1.82) is 0 Å². The molecule has 0 aromatic heterocycles. The van der Waals surface area contributed by atoms with E-state index in [1.807, 2.05) is 0 Å². The van der Waals surface area contributed by atoms with Crippen LogP contribution in [0.2, 0.25) is 0 Å². The molecule has 0 aliphatic carbocycles. The van der Waals surface area contributed by atoms with Gasteiger partial charge in [0.05, 0.1) is 22.3 Å². The third kappa shape index (κ3) is 5.54. The molecule has 0 bridgehead atoms. The zero-order valence-corrected chi connectivity index (χ0v) is 16.0. The topological polar surface area (TPSA) is 83.8 Å². The summed E-state index contributed by atoms with van der Waals surface area (Å²) in [6, 6.07) is 0.504. The Morgan fingerprint density at radius 2 is 1.11 bits per heavy atom. The molecule has 0 aliphatic rings. The van der Waals surface area contributed by atoms with E-state index in [9.17, 15) is 62.3 Å². The van der Waals surface area contributed by atoms with E-state index in [1.54, 1.807) is 0 Å². The van der Waals surface area contributed by atoms with Crippen LogP contribution in [0.15, 0.2) is 24.3 Å². The fraction of sp³-hybridized carbons (Fsp3) is 0.222. The van der Waals surface area contributed by atoms with Crippen LogP contribution in [-0.2, 0) is 24.7 Å². The molecule has 192 valence electrons. The molecule has 17 heteroatoms. The van der Waals surface area contributed by atoms with Crippen LogP contribution in [0.3, 0.4) is 0 Å². The molecule has 0 saturated carbocycles. The molecular formula is C18H6F12O5. The lowest BCUT2D eigenvalue weighted by atomic mass is 9.92. The average molecular weight is 530 g/mol. The van der Waals surface area contributed by atoms with Gasteiger partial charge < -0.3 is 14.9 Å². The quantitative estimate of drug-likeness (QED) is 0.418. The van der Waals surface area contributed by atoms with Crippen molar-refractivity contribution in [2.24, 2.45) is 0 Å². The van der Waals surface area contributed by atoms with Crippen molar-refractivity contribution in [2.45, 2.75) is 24.7 Å². The molecule has 0 spiro atoms. The molecule has 35 heavy (non-hydrogen) atoms. The van der Waals surface area contributed by atoms with Crippen LogP contribution in [0.5, 0.6) is 11.5 Å². The van der Waals surface area contributed by atoms with Crippen molar-refractivity contribution in [1.82, 2.24) is 0 Å². The van der Waals surface area contributed by atoms with Crippen molar-refractivity contribution in [3.63, 3.8) is 0 Å². The van der Waals surface area contributed by atoms with Gasteiger partial charge in [0.2, 0.25) is 0 Å². The molecule has 2 aromatic rings. The summed E-state index contributed by atoms with van der Waals surface area (Å²) in [5, 5.41) is 18.1. The molecule has 5 nitrogen and oxygen atoms in total. The van der Waals surface area contributed by atoms with Gasteiger partial charge in [-0.2, -0.15) is 52.7 Å². The van der Waals surface area contributed by atoms with E-state index in [0.29, 0.717) is 18.2 Å². The fourth-order valence-corrected chi connectivity index (χ4v) is 2.96. The molecule has 2 N–H and O–H groups in total. The zero-order valence-electron chi connectivity index (χ0n) is 16.0. The largest absolute Gasteiger partial charge is 0.478 e. The van der Waals surface area contributed by atoms with Gasteiger partial charge in [0.25, 0.3) is 0 Å². The number of carbonyl (C=O) groups is 2. The number of carboxylic acids is 2. The van der Waals surface area contributed by atoms with E-state index < -0.39 is 87.6 Å². The lowest BCUT2D eigenvalue weighted by molar-refractivity contribution is -0.183. The maximum Gasteiger partial charge on any atom is 0.420 e. The summed E-state index contributed by atoms with van der Waals surface area (Å²) in [7, 11) is 0. The number of benzene rings is 2. The molecule has 2 rings (SSSR count). The second-order valence-corrected chi connectivity index (χ2v) is 6.43. The monoisotopic (exact) mass is 530 g/mol. The first-order chi connectivity index (χ1) is 15.6. The van der Waals surface area contributed by atoms with Crippen molar-refractivity contribution >= 4 is 11.9 Å². The highest BCUT2D eigenvalue weighted by Crippen LogP contribution is 2.54. The van der Waals surface area contributed by atoms with Gasteiger partial charge in [-0.15, -0.1) is 0 Å². The number of rotatable bonds is 4. The van der Waals surface area contributed by atoms with E-state index in [1.165, 1.54) is 0 Å². The molecule has 0 amide bonds. The predicted molar refractivity (Wildman–Crippen MR) is 86.9 cm³/mol. The Hall–Kier alpha value is -3.66. The number of ether oxygens (including phenoxy) is 1. The summed E-state index contributed by atoms with van der Waals surface area (Å²) >= 11 is 0. The average Bonchev–Trinajstić information content (AvgIpc) is 2.63.